The first-order valence-electron chi connectivity index (χ1n) is 9.98. The topological polar surface area (TPSA) is 110 Å². The summed E-state index contributed by atoms with van der Waals surface area (Å²) in [6.45, 7) is 9.73. The molecule has 1 aliphatic rings. The summed E-state index contributed by atoms with van der Waals surface area (Å²) in [5.74, 6) is -0.808. The minimum absolute atomic E-state index is 0.0490. The molecular formula is C19H25N5O5S2. The van der Waals surface area contributed by atoms with Crippen LogP contribution in [-0.2, 0) is 20.2 Å². The Morgan fingerprint density at radius 3 is 2.55 bits per heavy atom. The van der Waals surface area contributed by atoms with Crippen LogP contribution in [0.4, 0.5) is 5.13 Å². The van der Waals surface area contributed by atoms with Crippen LogP contribution in [0.2, 0.25) is 0 Å². The van der Waals surface area contributed by atoms with Crippen molar-refractivity contribution in [1.29, 1.82) is 0 Å². The molecule has 3 aromatic rings. The third-order valence-corrected chi connectivity index (χ3v) is 7.72. The number of furan rings is 1. The largest absolute Gasteiger partial charge is 0.460 e. The number of anilines is 1. The van der Waals surface area contributed by atoms with Gasteiger partial charge in [0.05, 0.1) is 18.5 Å². The van der Waals surface area contributed by atoms with E-state index in [0.717, 1.165) is 15.8 Å². The van der Waals surface area contributed by atoms with Crippen molar-refractivity contribution < 1.29 is 22.4 Å². The minimum atomic E-state index is -3.83. The molecule has 0 radical (unpaired) electrons. The fourth-order valence-corrected chi connectivity index (χ4v) is 5.46. The van der Waals surface area contributed by atoms with Gasteiger partial charge in [0.2, 0.25) is 20.9 Å². The van der Waals surface area contributed by atoms with E-state index < -0.39 is 16.0 Å². The van der Waals surface area contributed by atoms with E-state index in [9.17, 15) is 13.2 Å². The van der Waals surface area contributed by atoms with E-state index in [1.807, 2.05) is 11.1 Å². The van der Waals surface area contributed by atoms with Gasteiger partial charge in [0.15, 0.2) is 0 Å². The lowest BCUT2D eigenvalue weighted by molar-refractivity contribution is 0.0483. The maximum Gasteiger partial charge on any atom is 0.374 e. The van der Waals surface area contributed by atoms with Gasteiger partial charge in [0, 0.05) is 31.6 Å². The number of piperazine rings is 1. The molecule has 0 N–H and O–H groups in total. The molecule has 10 nitrogen and oxygen atoms in total. The van der Waals surface area contributed by atoms with Gasteiger partial charge in [-0.05, 0) is 19.1 Å². The van der Waals surface area contributed by atoms with E-state index in [4.69, 9.17) is 9.15 Å². The Bertz CT molecular complexity index is 1160. The maximum absolute atomic E-state index is 12.9. The molecule has 0 aliphatic carbocycles. The van der Waals surface area contributed by atoms with Crippen molar-refractivity contribution in [3.63, 3.8) is 0 Å². The molecule has 31 heavy (non-hydrogen) atoms. The van der Waals surface area contributed by atoms with Crippen molar-refractivity contribution in [2.75, 3.05) is 37.7 Å². The minimum Gasteiger partial charge on any atom is -0.460 e. The highest BCUT2D eigenvalue weighted by atomic mass is 32.2. The van der Waals surface area contributed by atoms with Crippen molar-refractivity contribution in [3.05, 3.63) is 29.8 Å². The molecule has 0 aromatic carbocycles. The van der Waals surface area contributed by atoms with Gasteiger partial charge in [-0.2, -0.15) is 4.31 Å². The van der Waals surface area contributed by atoms with Crippen molar-refractivity contribution in [3.8, 4) is 0 Å². The average molecular weight is 468 g/mol. The van der Waals surface area contributed by atoms with Gasteiger partial charge in [-0.3, -0.25) is 0 Å². The second-order valence-electron chi connectivity index (χ2n) is 8.22. The molecule has 0 atom stereocenters. The third kappa shape index (κ3) is 4.19. The number of esters is 1. The Kier molecular flexibility index (Phi) is 5.56. The van der Waals surface area contributed by atoms with E-state index in [-0.39, 0.29) is 36.0 Å². The lowest BCUT2D eigenvalue weighted by Gasteiger charge is -2.32. The second kappa shape index (κ2) is 7.92. The second-order valence-corrected chi connectivity index (χ2v) is 11.0. The van der Waals surface area contributed by atoms with E-state index in [2.05, 4.69) is 30.9 Å². The number of fused-ring (bicyclic) bond motifs is 1. The van der Waals surface area contributed by atoms with Crippen molar-refractivity contribution in [1.82, 2.24) is 18.9 Å². The smallest absolute Gasteiger partial charge is 0.374 e. The summed E-state index contributed by atoms with van der Waals surface area (Å²) in [6.07, 6.45) is 1.94. The highest BCUT2D eigenvalue weighted by Gasteiger charge is 2.33. The number of hydrogen-bond acceptors (Lipinski definition) is 9. The fraction of sp³-hybridized carbons (Fsp3) is 0.526. The van der Waals surface area contributed by atoms with E-state index in [1.165, 1.54) is 27.8 Å². The monoisotopic (exact) mass is 467 g/mol. The van der Waals surface area contributed by atoms with Crippen LogP contribution in [0.5, 0.6) is 0 Å². The Balaban J connectivity index is 1.44. The number of hydrogen-bond donors (Lipinski definition) is 0. The number of carbonyl (C=O) groups is 1. The highest BCUT2D eigenvalue weighted by Crippen LogP contribution is 2.29. The first-order chi connectivity index (χ1) is 14.6. The molecule has 0 saturated carbocycles. The van der Waals surface area contributed by atoms with Crippen LogP contribution in [-0.4, -0.2) is 66.1 Å². The van der Waals surface area contributed by atoms with Crippen molar-refractivity contribution >= 4 is 37.4 Å². The quantitative estimate of drug-likeness (QED) is 0.526. The summed E-state index contributed by atoms with van der Waals surface area (Å²) in [5, 5.41) is 5.17. The SMILES string of the molecule is CCOC(=O)c1ccc(S(=O)(=O)N2CCN(c3nn4cc(C(C)(C)C)nc4s3)CC2)o1. The summed E-state index contributed by atoms with van der Waals surface area (Å²) in [4.78, 5) is 19.3. The fourth-order valence-electron chi connectivity index (χ4n) is 3.20. The van der Waals surface area contributed by atoms with Crippen molar-refractivity contribution in [2.24, 2.45) is 0 Å². The standard InChI is InChI=1S/C19H25N5O5S2/c1-5-28-16(25)13-6-7-15(29-13)31(26,27)23-10-8-22(9-11-23)18-21-24-12-14(19(2,3)4)20-17(24)30-18/h6-7,12H,5,8-11H2,1-4H3. The summed E-state index contributed by atoms with van der Waals surface area (Å²) in [6, 6.07) is 2.61. The van der Waals surface area contributed by atoms with Gasteiger partial charge in [0.1, 0.15) is 0 Å². The van der Waals surface area contributed by atoms with Gasteiger partial charge >= 0.3 is 5.97 Å². The zero-order valence-electron chi connectivity index (χ0n) is 17.9. The molecular weight excluding hydrogens is 442 g/mol. The van der Waals surface area contributed by atoms with Crippen LogP contribution in [0.3, 0.4) is 0 Å². The summed E-state index contributed by atoms with van der Waals surface area (Å²) >= 11 is 1.49. The highest BCUT2D eigenvalue weighted by molar-refractivity contribution is 7.89. The molecule has 0 bridgehead atoms. The molecule has 1 fully saturated rings. The lowest BCUT2D eigenvalue weighted by Crippen LogP contribution is -2.48. The lowest BCUT2D eigenvalue weighted by atomic mass is 9.93. The van der Waals surface area contributed by atoms with Gasteiger partial charge in [-0.1, -0.05) is 32.1 Å². The van der Waals surface area contributed by atoms with Crippen LogP contribution >= 0.6 is 11.3 Å². The Morgan fingerprint density at radius 1 is 1.23 bits per heavy atom. The summed E-state index contributed by atoms with van der Waals surface area (Å²) in [5.41, 5.74) is 0.932. The van der Waals surface area contributed by atoms with Crippen LogP contribution in [0.1, 0.15) is 43.9 Å². The first kappa shape index (κ1) is 21.8. The van der Waals surface area contributed by atoms with Gasteiger partial charge in [-0.15, -0.1) is 5.10 Å². The van der Waals surface area contributed by atoms with E-state index >= 15 is 0 Å². The molecule has 4 rings (SSSR count). The van der Waals surface area contributed by atoms with Gasteiger partial charge < -0.3 is 14.1 Å². The number of nitrogens with zero attached hydrogens (tertiary/aromatic N) is 5. The number of rotatable bonds is 5. The normalized spacial score (nSPS) is 16.2. The zero-order valence-corrected chi connectivity index (χ0v) is 19.5. The maximum atomic E-state index is 12.9. The first-order valence-corrected chi connectivity index (χ1v) is 12.2. The molecule has 3 aromatic heterocycles. The number of aromatic nitrogens is 3. The van der Waals surface area contributed by atoms with Gasteiger partial charge in [-0.25, -0.2) is 22.7 Å². The number of imidazole rings is 1. The van der Waals surface area contributed by atoms with Crippen LogP contribution in [0.15, 0.2) is 27.8 Å². The molecule has 4 heterocycles. The molecule has 0 unspecified atom stereocenters. The summed E-state index contributed by atoms with van der Waals surface area (Å²) < 4.78 is 39.0. The third-order valence-electron chi connectivity index (χ3n) is 4.96. The molecule has 1 aliphatic heterocycles. The number of ether oxygens (including phenoxy) is 1. The van der Waals surface area contributed by atoms with E-state index in [1.54, 1.807) is 11.4 Å². The Morgan fingerprint density at radius 2 is 1.94 bits per heavy atom. The predicted octanol–water partition coefficient (Wildman–Crippen LogP) is 2.37. The Labute approximate surface area is 184 Å². The van der Waals surface area contributed by atoms with Crippen molar-refractivity contribution in [2.45, 2.75) is 38.2 Å². The predicted molar refractivity (Wildman–Crippen MR) is 115 cm³/mol. The molecule has 0 spiro atoms. The molecule has 168 valence electrons. The summed E-state index contributed by atoms with van der Waals surface area (Å²) in [7, 11) is -3.83. The molecule has 1 saturated heterocycles. The van der Waals surface area contributed by atoms with E-state index in [0.29, 0.717) is 13.1 Å². The number of carbonyl (C=O) groups excluding carboxylic acids is 1. The molecule has 0 amide bonds. The molecule has 12 heteroatoms. The van der Waals surface area contributed by atoms with Gasteiger partial charge in [0.25, 0.3) is 10.0 Å². The van der Waals surface area contributed by atoms with Crippen LogP contribution < -0.4 is 4.90 Å². The average Bonchev–Trinajstić information content (AvgIpc) is 3.42. The van der Waals surface area contributed by atoms with Crippen LogP contribution in [0, 0.1) is 0 Å². The number of sulfonamides is 1. The Hall–Kier alpha value is -2.44. The zero-order chi connectivity index (χ0) is 22.4. The van der Waals surface area contributed by atoms with Crippen LogP contribution in [0.25, 0.3) is 4.96 Å².